The number of nitrogens with zero attached hydrogens (tertiary/aromatic N) is 1. The van der Waals surface area contributed by atoms with E-state index >= 15 is 0 Å². The fourth-order valence-corrected chi connectivity index (χ4v) is 3.66. The first-order valence-corrected chi connectivity index (χ1v) is 9.14. The van der Waals surface area contributed by atoms with Gasteiger partial charge in [-0.15, -0.1) is 0 Å². The zero-order chi connectivity index (χ0) is 17.9. The van der Waals surface area contributed by atoms with Crippen LogP contribution in [0.5, 0.6) is 11.5 Å². The third-order valence-electron chi connectivity index (χ3n) is 4.95. The minimum Gasteiger partial charge on any atom is -0.485 e. The lowest BCUT2D eigenvalue weighted by Gasteiger charge is -2.27. The minimum absolute atomic E-state index is 0.0532. The van der Waals surface area contributed by atoms with Crippen molar-refractivity contribution < 1.29 is 14.3 Å². The number of carbonyl (C=O) groups excluding carboxylic acids is 1. The first kappa shape index (κ1) is 16.9. The summed E-state index contributed by atoms with van der Waals surface area (Å²) in [6.07, 6.45) is 0.944. The van der Waals surface area contributed by atoms with Gasteiger partial charge in [0.15, 0.2) is 17.6 Å². The Morgan fingerprint density at radius 3 is 2.69 bits per heavy atom. The van der Waals surface area contributed by atoms with Gasteiger partial charge in [0.25, 0.3) is 0 Å². The number of para-hydroxylation sites is 2. The Labute approximate surface area is 153 Å². The summed E-state index contributed by atoms with van der Waals surface area (Å²) in [5.74, 6) is 1.66. The molecular formula is C21H24N2O3. The number of nitrogens with one attached hydrogen (secondary N) is 1. The normalized spacial score (nSPS) is 22.2. The van der Waals surface area contributed by atoms with Crippen molar-refractivity contribution in [3.63, 3.8) is 0 Å². The van der Waals surface area contributed by atoms with Crippen molar-refractivity contribution in [2.45, 2.75) is 32.0 Å². The molecule has 0 radical (unpaired) electrons. The number of amides is 1. The van der Waals surface area contributed by atoms with Crippen molar-refractivity contribution in [2.24, 2.45) is 0 Å². The monoisotopic (exact) mass is 352 g/mol. The minimum atomic E-state index is -0.0742. The lowest BCUT2D eigenvalue weighted by atomic mass is 10.1. The third kappa shape index (κ3) is 3.83. The summed E-state index contributed by atoms with van der Waals surface area (Å²) in [5, 5.41) is 3.01. The molecular weight excluding hydrogens is 328 g/mol. The van der Waals surface area contributed by atoms with Crippen LogP contribution in [0.15, 0.2) is 48.5 Å². The second-order valence-corrected chi connectivity index (χ2v) is 7.03. The van der Waals surface area contributed by atoms with Gasteiger partial charge in [0.1, 0.15) is 6.61 Å². The maximum Gasteiger partial charge on any atom is 0.217 e. The van der Waals surface area contributed by atoms with Crippen molar-refractivity contribution in [3.8, 4) is 11.5 Å². The maximum atomic E-state index is 11.2. The van der Waals surface area contributed by atoms with Crippen molar-refractivity contribution in [3.05, 3.63) is 59.7 Å². The molecule has 1 saturated heterocycles. The van der Waals surface area contributed by atoms with Crippen LogP contribution in [-0.2, 0) is 11.3 Å². The predicted octanol–water partition coefficient (Wildman–Crippen LogP) is 2.91. The topological polar surface area (TPSA) is 50.8 Å². The molecule has 0 aromatic heterocycles. The molecule has 2 heterocycles. The Morgan fingerprint density at radius 1 is 1.15 bits per heavy atom. The highest BCUT2D eigenvalue weighted by Crippen LogP contribution is 2.35. The summed E-state index contributed by atoms with van der Waals surface area (Å²) in [6, 6.07) is 16.6. The van der Waals surface area contributed by atoms with E-state index < -0.39 is 0 Å². The molecule has 2 unspecified atom stereocenters. The summed E-state index contributed by atoms with van der Waals surface area (Å²) in [5.41, 5.74) is 2.40. The van der Waals surface area contributed by atoms with Crippen molar-refractivity contribution in [2.75, 3.05) is 19.7 Å². The second-order valence-electron chi connectivity index (χ2n) is 7.03. The number of benzene rings is 2. The molecule has 1 N–H and O–H groups in total. The van der Waals surface area contributed by atoms with Crippen LogP contribution in [0.4, 0.5) is 0 Å². The van der Waals surface area contributed by atoms with E-state index in [2.05, 4.69) is 34.5 Å². The van der Waals surface area contributed by atoms with Gasteiger partial charge in [-0.1, -0.05) is 36.4 Å². The van der Waals surface area contributed by atoms with Gasteiger partial charge in [-0.2, -0.15) is 0 Å². The van der Waals surface area contributed by atoms with E-state index in [1.807, 2.05) is 24.3 Å². The van der Waals surface area contributed by atoms with Crippen molar-refractivity contribution in [1.82, 2.24) is 10.2 Å². The third-order valence-corrected chi connectivity index (χ3v) is 4.95. The summed E-state index contributed by atoms with van der Waals surface area (Å²) in [4.78, 5) is 13.6. The lowest BCUT2D eigenvalue weighted by molar-refractivity contribution is -0.119. The zero-order valence-electron chi connectivity index (χ0n) is 15.0. The van der Waals surface area contributed by atoms with Gasteiger partial charge in [0, 0.05) is 32.6 Å². The van der Waals surface area contributed by atoms with Crippen molar-refractivity contribution >= 4 is 5.91 Å². The Kier molecular flexibility index (Phi) is 4.80. The fraction of sp³-hybridized carbons (Fsp3) is 0.381. The molecule has 1 amide bonds. The standard InChI is InChI=1S/C21H24N2O3/c1-15(24)22-18-10-11-23(13-18)12-16-6-8-17(9-7-16)21-14-25-19-4-2-3-5-20(19)26-21/h2-9,18,21H,10-14H2,1H3,(H,22,24). The van der Waals surface area contributed by atoms with Gasteiger partial charge in [-0.3, -0.25) is 9.69 Å². The molecule has 1 fully saturated rings. The number of rotatable bonds is 4. The van der Waals surface area contributed by atoms with Gasteiger partial charge >= 0.3 is 0 Å². The van der Waals surface area contributed by atoms with Gasteiger partial charge in [-0.05, 0) is 29.7 Å². The molecule has 5 heteroatoms. The Hall–Kier alpha value is -2.53. The maximum absolute atomic E-state index is 11.2. The van der Waals surface area contributed by atoms with Gasteiger partial charge < -0.3 is 14.8 Å². The van der Waals surface area contributed by atoms with Gasteiger partial charge in [0.2, 0.25) is 5.91 Å². The number of hydrogen-bond donors (Lipinski definition) is 1. The summed E-state index contributed by atoms with van der Waals surface area (Å²) in [7, 11) is 0. The molecule has 5 nitrogen and oxygen atoms in total. The van der Waals surface area contributed by atoms with Crippen LogP contribution in [0.2, 0.25) is 0 Å². The van der Waals surface area contributed by atoms with Crippen LogP contribution >= 0.6 is 0 Å². The first-order chi connectivity index (χ1) is 12.7. The Bertz CT molecular complexity index is 775. The summed E-state index contributed by atoms with van der Waals surface area (Å²) >= 11 is 0. The van der Waals surface area contributed by atoms with Gasteiger partial charge in [-0.25, -0.2) is 0 Å². The fourth-order valence-electron chi connectivity index (χ4n) is 3.66. The molecule has 2 aromatic rings. The molecule has 4 rings (SSSR count). The van der Waals surface area contributed by atoms with E-state index in [1.165, 1.54) is 5.56 Å². The smallest absolute Gasteiger partial charge is 0.217 e. The Balaban J connectivity index is 1.35. The average molecular weight is 352 g/mol. The number of hydrogen-bond acceptors (Lipinski definition) is 4. The largest absolute Gasteiger partial charge is 0.485 e. The van der Waals surface area contributed by atoms with Gasteiger partial charge in [0.05, 0.1) is 0 Å². The van der Waals surface area contributed by atoms with E-state index in [0.29, 0.717) is 6.61 Å². The van der Waals surface area contributed by atoms with Crippen LogP contribution < -0.4 is 14.8 Å². The SMILES string of the molecule is CC(=O)NC1CCN(Cc2ccc(C3COc4ccccc4O3)cc2)C1. The van der Waals surface area contributed by atoms with Crippen LogP contribution in [0.25, 0.3) is 0 Å². The van der Waals surface area contributed by atoms with E-state index in [0.717, 1.165) is 43.1 Å². The van der Waals surface area contributed by atoms with E-state index in [4.69, 9.17) is 9.47 Å². The molecule has 2 atom stereocenters. The molecule has 2 aliphatic rings. The summed E-state index contributed by atoms with van der Waals surface area (Å²) in [6.45, 7) is 4.94. The van der Waals surface area contributed by atoms with E-state index in [-0.39, 0.29) is 18.1 Å². The average Bonchev–Trinajstić information content (AvgIpc) is 3.08. The molecule has 136 valence electrons. The van der Waals surface area contributed by atoms with Crippen molar-refractivity contribution in [1.29, 1.82) is 0 Å². The van der Waals surface area contributed by atoms with Crippen LogP contribution in [0.1, 0.15) is 30.6 Å². The van der Waals surface area contributed by atoms with Crippen LogP contribution in [-0.4, -0.2) is 36.5 Å². The summed E-state index contributed by atoms with van der Waals surface area (Å²) < 4.78 is 11.9. The molecule has 0 spiro atoms. The molecule has 0 bridgehead atoms. The molecule has 26 heavy (non-hydrogen) atoms. The highest BCUT2D eigenvalue weighted by atomic mass is 16.6. The zero-order valence-corrected chi connectivity index (χ0v) is 15.0. The Morgan fingerprint density at radius 2 is 1.92 bits per heavy atom. The molecule has 0 aliphatic carbocycles. The molecule has 2 aliphatic heterocycles. The van der Waals surface area contributed by atoms with E-state index in [9.17, 15) is 4.79 Å². The highest BCUT2D eigenvalue weighted by Gasteiger charge is 2.24. The van der Waals surface area contributed by atoms with Crippen LogP contribution in [0, 0.1) is 0 Å². The van der Waals surface area contributed by atoms with E-state index in [1.54, 1.807) is 6.92 Å². The first-order valence-electron chi connectivity index (χ1n) is 9.14. The predicted molar refractivity (Wildman–Crippen MR) is 99.2 cm³/mol. The molecule has 2 aromatic carbocycles. The van der Waals surface area contributed by atoms with Crippen LogP contribution in [0.3, 0.4) is 0 Å². The number of ether oxygens (including phenoxy) is 2. The number of carbonyl (C=O) groups is 1. The number of fused-ring (bicyclic) bond motifs is 1. The molecule has 0 saturated carbocycles. The lowest BCUT2D eigenvalue weighted by Crippen LogP contribution is -2.35. The number of likely N-dealkylation sites (tertiary alicyclic amines) is 1. The highest BCUT2D eigenvalue weighted by molar-refractivity contribution is 5.73. The second kappa shape index (κ2) is 7.38. The quantitative estimate of drug-likeness (QED) is 0.919.